The number of rotatable bonds is 6. The van der Waals surface area contributed by atoms with Crippen LogP contribution in [0.1, 0.15) is 16.7 Å². The monoisotopic (exact) mass is 470 g/mol. The molecule has 1 aromatic carbocycles. The average Bonchev–Trinajstić information content (AvgIpc) is 3.03. The van der Waals surface area contributed by atoms with E-state index in [1.165, 1.54) is 27.5 Å². The van der Waals surface area contributed by atoms with Crippen LogP contribution in [-0.2, 0) is 11.3 Å². The van der Waals surface area contributed by atoms with E-state index in [0.29, 0.717) is 9.97 Å². The van der Waals surface area contributed by atoms with Crippen molar-refractivity contribution in [3.8, 4) is 0 Å². The van der Waals surface area contributed by atoms with E-state index < -0.39 is 0 Å². The molecule has 32 heavy (non-hydrogen) atoms. The van der Waals surface area contributed by atoms with Gasteiger partial charge in [-0.2, -0.15) is 0 Å². The summed E-state index contributed by atoms with van der Waals surface area (Å²) in [4.78, 5) is 32.4. The van der Waals surface area contributed by atoms with Crippen LogP contribution in [0, 0.1) is 12.7 Å². The largest absolute Gasteiger partial charge is 0.395 e. The van der Waals surface area contributed by atoms with E-state index >= 15 is 0 Å². The lowest BCUT2D eigenvalue weighted by molar-refractivity contribution is -0.122. The molecule has 0 unspecified atom stereocenters. The van der Waals surface area contributed by atoms with Crippen LogP contribution in [0.15, 0.2) is 52.3 Å². The van der Waals surface area contributed by atoms with E-state index in [2.05, 4.69) is 10.3 Å². The third kappa shape index (κ3) is 4.43. The Bertz CT molecular complexity index is 1310. The van der Waals surface area contributed by atoms with Crippen molar-refractivity contribution >= 4 is 51.7 Å². The fourth-order valence-corrected chi connectivity index (χ4v) is 4.47. The predicted molar refractivity (Wildman–Crippen MR) is 127 cm³/mol. The molecule has 3 aromatic rings. The van der Waals surface area contributed by atoms with Gasteiger partial charge in [0.05, 0.1) is 23.6 Å². The fraction of sp³-hybridized carbons (Fsp3) is 0.182. The first-order valence-electron chi connectivity index (χ1n) is 9.75. The molecule has 2 N–H and O–H groups in total. The number of aryl methyl sites for hydroxylation is 1. The highest BCUT2D eigenvalue weighted by molar-refractivity contribution is 8.26. The van der Waals surface area contributed by atoms with E-state index in [1.807, 2.05) is 13.0 Å². The zero-order valence-electron chi connectivity index (χ0n) is 17.0. The van der Waals surface area contributed by atoms with Crippen molar-refractivity contribution in [1.29, 1.82) is 0 Å². The number of hydrogen-bond acceptors (Lipinski definition) is 7. The molecule has 0 atom stereocenters. The normalized spacial score (nSPS) is 15.2. The number of carbonyl (C=O) groups is 1. The third-order valence-corrected chi connectivity index (χ3v) is 6.19. The SMILES string of the molecule is Cc1ccc2nc(NCCO)c(C=C3SC(=S)N(Cc4ccc(F)cc4)C3=O)c(=O)n2c1. The highest BCUT2D eigenvalue weighted by Crippen LogP contribution is 2.34. The number of thioether (sulfide) groups is 1. The Morgan fingerprint density at radius 2 is 1.97 bits per heavy atom. The maximum Gasteiger partial charge on any atom is 0.267 e. The molecule has 0 bridgehead atoms. The molecule has 1 fully saturated rings. The van der Waals surface area contributed by atoms with Gasteiger partial charge in [-0.25, -0.2) is 9.37 Å². The predicted octanol–water partition coefficient (Wildman–Crippen LogP) is 2.95. The topological polar surface area (TPSA) is 86.9 Å². The van der Waals surface area contributed by atoms with Crippen LogP contribution in [0.4, 0.5) is 10.2 Å². The maximum absolute atomic E-state index is 13.2. The second-order valence-electron chi connectivity index (χ2n) is 7.16. The maximum atomic E-state index is 13.2. The van der Waals surface area contributed by atoms with Crippen LogP contribution in [0.3, 0.4) is 0 Å². The highest BCUT2D eigenvalue weighted by Gasteiger charge is 2.32. The quantitative estimate of drug-likeness (QED) is 0.423. The number of aliphatic hydroxyl groups is 1. The standard InChI is InChI=1S/C22H19FN4O3S2/c1-13-2-7-18-25-19(24-8-9-28)16(20(29)26(18)11-13)10-17-21(30)27(22(31)32-17)12-14-3-5-15(23)6-4-14/h2-7,10-11,24,28H,8-9,12H2,1H3. The summed E-state index contributed by atoms with van der Waals surface area (Å²) in [6.45, 7) is 2.12. The van der Waals surface area contributed by atoms with E-state index in [0.717, 1.165) is 22.9 Å². The molecule has 0 saturated carbocycles. The second-order valence-corrected chi connectivity index (χ2v) is 8.83. The summed E-state index contributed by atoms with van der Waals surface area (Å²) in [5.41, 5.74) is 1.92. The number of pyridine rings is 1. The number of halogens is 1. The number of nitrogens with one attached hydrogen (secondary N) is 1. The van der Waals surface area contributed by atoms with Crippen molar-refractivity contribution in [3.63, 3.8) is 0 Å². The van der Waals surface area contributed by atoms with Crippen LogP contribution < -0.4 is 10.9 Å². The minimum absolute atomic E-state index is 0.145. The number of thiocarbonyl (C=S) groups is 1. The molecule has 164 valence electrons. The Kier molecular flexibility index (Phi) is 6.35. The van der Waals surface area contributed by atoms with E-state index in [1.54, 1.807) is 24.4 Å². The Morgan fingerprint density at radius 3 is 2.69 bits per heavy atom. The van der Waals surface area contributed by atoms with Crippen molar-refractivity contribution in [2.75, 3.05) is 18.5 Å². The molecule has 7 nitrogen and oxygen atoms in total. The summed E-state index contributed by atoms with van der Waals surface area (Å²) in [5, 5.41) is 12.1. The first-order valence-corrected chi connectivity index (χ1v) is 11.0. The van der Waals surface area contributed by atoms with Gasteiger partial charge in [0.15, 0.2) is 0 Å². The van der Waals surface area contributed by atoms with Gasteiger partial charge in [0.2, 0.25) is 0 Å². The third-order valence-electron chi connectivity index (χ3n) is 4.81. The lowest BCUT2D eigenvalue weighted by Gasteiger charge is -2.14. The second kappa shape index (κ2) is 9.19. The van der Waals surface area contributed by atoms with Crippen LogP contribution in [0.5, 0.6) is 0 Å². The summed E-state index contributed by atoms with van der Waals surface area (Å²) in [6, 6.07) is 9.41. The molecule has 1 aliphatic rings. The lowest BCUT2D eigenvalue weighted by atomic mass is 10.2. The van der Waals surface area contributed by atoms with Crippen LogP contribution in [0.25, 0.3) is 11.7 Å². The number of amides is 1. The number of nitrogens with zero attached hydrogens (tertiary/aromatic N) is 3. The molecular weight excluding hydrogens is 451 g/mol. The summed E-state index contributed by atoms with van der Waals surface area (Å²) >= 11 is 6.46. The van der Waals surface area contributed by atoms with Crippen molar-refractivity contribution in [2.24, 2.45) is 0 Å². The van der Waals surface area contributed by atoms with Crippen LogP contribution in [0.2, 0.25) is 0 Å². The number of aliphatic hydroxyl groups excluding tert-OH is 1. The van der Waals surface area contributed by atoms with Gasteiger partial charge < -0.3 is 10.4 Å². The first-order chi connectivity index (χ1) is 15.4. The molecule has 1 saturated heterocycles. The smallest absolute Gasteiger partial charge is 0.267 e. The Hall–Kier alpha value is -3.08. The number of hydrogen-bond donors (Lipinski definition) is 2. The summed E-state index contributed by atoms with van der Waals surface area (Å²) in [6.07, 6.45) is 3.16. The van der Waals surface area contributed by atoms with Gasteiger partial charge in [-0.3, -0.25) is 18.9 Å². The molecule has 0 spiro atoms. The molecule has 1 amide bonds. The zero-order valence-corrected chi connectivity index (χ0v) is 18.7. The van der Waals surface area contributed by atoms with Crippen molar-refractivity contribution in [1.82, 2.24) is 14.3 Å². The van der Waals surface area contributed by atoms with Gasteiger partial charge in [-0.05, 0) is 42.3 Å². The van der Waals surface area contributed by atoms with Gasteiger partial charge in [-0.1, -0.05) is 42.2 Å². The summed E-state index contributed by atoms with van der Waals surface area (Å²) in [7, 11) is 0. The average molecular weight is 471 g/mol. The van der Waals surface area contributed by atoms with Gasteiger partial charge in [0, 0.05) is 12.7 Å². The number of fused-ring (bicyclic) bond motifs is 1. The molecule has 4 rings (SSSR count). The van der Waals surface area contributed by atoms with Gasteiger partial charge in [0.1, 0.15) is 21.6 Å². The number of benzene rings is 1. The fourth-order valence-electron chi connectivity index (χ4n) is 3.24. The summed E-state index contributed by atoms with van der Waals surface area (Å²) in [5.74, 6) is -0.427. The van der Waals surface area contributed by atoms with Crippen molar-refractivity contribution in [2.45, 2.75) is 13.5 Å². The Balaban J connectivity index is 1.73. The number of anilines is 1. The van der Waals surface area contributed by atoms with Crippen molar-refractivity contribution in [3.05, 3.63) is 80.4 Å². The Morgan fingerprint density at radius 1 is 1.22 bits per heavy atom. The van der Waals surface area contributed by atoms with Gasteiger partial charge in [-0.15, -0.1) is 0 Å². The van der Waals surface area contributed by atoms with Gasteiger partial charge >= 0.3 is 0 Å². The van der Waals surface area contributed by atoms with Crippen molar-refractivity contribution < 1.29 is 14.3 Å². The molecule has 10 heteroatoms. The summed E-state index contributed by atoms with van der Waals surface area (Å²) < 4.78 is 14.9. The molecule has 1 aliphatic heterocycles. The Labute approximate surface area is 192 Å². The number of aromatic nitrogens is 2. The first kappa shape index (κ1) is 22.1. The van der Waals surface area contributed by atoms with E-state index in [4.69, 9.17) is 12.2 Å². The van der Waals surface area contributed by atoms with Gasteiger partial charge in [0.25, 0.3) is 11.5 Å². The molecular formula is C22H19FN4O3S2. The minimum atomic E-state index is -0.360. The minimum Gasteiger partial charge on any atom is -0.395 e. The molecule has 3 heterocycles. The number of carbonyl (C=O) groups excluding carboxylic acids is 1. The van der Waals surface area contributed by atoms with Crippen LogP contribution in [-0.4, -0.2) is 42.8 Å². The highest BCUT2D eigenvalue weighted by atomic mass is 32.2. The zero-order chi connectivity index (χ0) is 22.8. The molecule has 0 radical (unpaired) electrons. The van der Waals surface area contributed by atoms with E-state index in [9.17, 15) is 19.1 Å². The van der Waals surface area contributed by atoms with E-state index in [-0.39, 0.29) is 53.3 Å². The lowest BCUT2D eigenvalue weighted by Crippen LogP contribution is -2.27. The molecule has 0 aliphatic carbocycles. The molecule has 2 aromatic heterocycles. The van der Waals surface area contributed by atoms with Crippen LogP contribution >= 0.6 is 24.0 Å².